The molecule has 1 aromatic carbocycles. The molecule has 110 valence electrons. The number of nitrogens with one attached hydrogen (secondary N) is 2. The number of H-pyrrole nitrogens is 1. The summed E-state index contributed by atoms with van der Waals surface area (Å²) in [5.74, 6) is 0.0489. The molecule has 0 aliphatic heterocycles. The van der Waals surface area contributed by atoms with Gasteiger partial charge in [0.05, 0.1) is 6.54 Å². The summed E-state index contributed by atoms with van der Waals surface area (Å²) >= 11 is 1.38. The van der Waals surface area contributed by atoms with E-state index in [1.165, 1.54) is 16.9 Å². The highest BCUT2D eigenvalue weighted by Gasteiger charge is 2.16. The molecule has 2 N–H and O–H groups in total. The van der Waals surface area contributed by atoms with Gasteiger partial charge < -0.3 is 10.3 Å². The lowest BCUT2D eigenvalue weighted by molar-refractivity contribution is 0.101. The van der Waals surface area contributed by atoms with Crippen molar-refractivity contribution in [1.29, 1.82) is 0 Å². The third-order valence-electron chi connectivity index (χ3n) is 3.18. The van der Waals surface area contributed by atoms with Crippen LogP contribution in [0.4, 0.5) is 5.13 Å². The Morgan fingerprint density at radius 1 is 1.38 bits per heavy atom. The van der Waals surface area contributed by atoms with Crippen LogP contribution >= 0.6 is 35.3 Å². The Hall–Kier alpha value is -1.48. The Balaban J connectivity index is 0.00000161. The molecule has 0 saturated carbocycles. The number of Topliss-reactive ketones (excluding diaryl/α,β-unsaturated/α-hetero) is 1. The van der Waals surface area contributed by atoms with Gasteiger partial charge in [0.1, 0.15) is 5.51 Å². The van der Waals surface area contributed by atoms with Gasteiger partial charge in [-0.25, -0.2) is 0 Å². The third-order valence-corrected chi connectivity index (χ3v) is 3.83. The van der Waals surface area contributed by atoms with Gasteiger partial charge in [-0.3, -0.25) is 4.79 Å². The van der Waals surface area contributed by atoms with Crippen molar-refractivity contribution < 1.29 is 4.79 Å². The molecule has 7 heteroatoms. The number of hydrogen-bond donors (Lipinski definition) is 2. The maximum absolute atomic E-state index is 12.4. The van der Waals surface area contributed by atoms with Crippen molar-refractivity contribution in [2.75, 3.05) is 11.9 Å². The van der Waals surface area contributed by atoms with Crippen LogP contribution in [0.1, 0.15) is 21.6 Å². The van der Waals surface area contributed by atoms with Crippen LogP contribution in [0.2, 0.25) is 0 Å². The number of halogens is 1. The molecule has 0 spiro atoms. The quantitative estimate of drug-likeness (QED) is 0.506. The topological polar surface area (TPSA) is 70.7 Å². The van der Waals surface area contributed by atoms with Gasteiger partial charge in [0.15, 0.2) is 5.78 Å². The van der Waals surface area contributed by atoms with Crippen molar-refractivity contribution in [3.05, 3.63) is 40.5 Å². The summed E-state index contributed by atoms with van der Waals surface area (Å²) in [7, 11) is 0. The van der Waals surface area contributed by atoms with Crippen molar-refractivity contribution in [3.8, 4) is 0 Å². The van der Waals surface area contributed by atoms with Crippen LogP contribution in [-0.4, -0.2) is 27.5 Å². The first-order valence-corrected chi connectivity index (χ1v) is 7.15. The number of rotatable bonds is 4. The third kappa shape index (κ3) is 3.24. The van der Waals surface area contributed by atoms with E-state index >= 15 is 0 Å². The summed E-state index contributed by atoms with van der Waals surface area (Å²) in [6.45, 7) is 4.18. The second-order valence-corrected chi connectivity index (χ2v) is 5.53. The van der Waals surface area contributed by atoms with Crippen molar-refractivity contribution in [3.63, 3.8) is 0 Å². The van der Waals surface area contributed by atoms with Gasteiger partial charge in [0, 0.05) is 22.2 Å². The van der Waals surface area contributed by atoms with Crippen molar-refractivity contribution in [2.45, 2.75) is 13.8 Å². The first-order chi connectivity index (χ1) is 9.65. The molecule has 2 heterocycles. The Kier molecular flexibility index (Phi) is 4.94. The van der Waals surface area contributed by atoms with Crippen LogP contribution in [0.15, 0.2) is 23.7 Å². The number of carbonyl (C=O) groups excluding carboxylic acids is 1. The maximum Gasteiger partial charge on any atom is 0.205 e. The zero-order valence-electron chi connectivity index (χ0n) is 11.6. The predicted molar refractivity (Wildman–Crippen MR) is 95.9 cm³/mol. The minimum atomic E-state index is 0. The summed E-state index contributed by atoms with van der Waals surface area (Å²) in [4.78, 5) is 15.7. The fourth-order valence-corrected chi connectivity index (χ4v) is 2.74. The zero-order chi connectivity index (χ0) is 14.1. The molecule has 0 amide bonds. The van der Waals surface area contributed by atoms with Crippen LogP contribution in [-0.2, 0) is 0 Å². The summed E-state index contributed by atoms with van der Waals surface area (Å²) in [6, 6.07) is 6.06. The van der Waals surface area contributed by atoms with E-state index in [4.69, 9.17) is 0 Å². The van der Waals surface area contributed by atoms with Gasteiger partial charge in [-0.05, 0) is 25.5 Å². The molecule has 2 aromatic heterocycles. The largest absolute Gasteiger partial charge is 0.358 e. The Labute approximate surface area is 143 Å². The normalized spacial score (nSPS) is 10.4. The number of anilines is 1. The number of carbonyl (C=O) groups is 1. The van der Waals surface area contributed by atoms with Crippen molar-refractivity contribution in [1.82, 2.24) is 15.2 Å². The van der Waals surface area contributed by atoms with E-state index in [2.05, 4.69) is 26.6 Å². The number of aryl methyl sites for hydroxylation is 2. The molecule has 0 bridgehead atoms. The first kappa shape index (κ1) is 15.9. The summed E-state index contributed by atoms with van der Waals surface area (Å²) in [5, 5.41) is 12.2. The fraction of sp³-hybridized carbons (Fsp3) is 0.214. The number of benzene rings is 1. The van der Waals surface area contributed by atoms with Crippen LogP contribution in [0.3, 0.4) is 0 Å². The van der Waals surface area contributed by atoms with Gasteiger partial charge in [-0.2, -0.15) is 0 Å². The molecule has 3 aromatic rings. The molecule has 21 heavy (non-hydrogen) atoms. The van der Waals surface area contributed by atoms with E-state index in [9.17, 15) is 4.79 Å². The van der Waals surface area contributed by atoms with E-state index < -0.39 is 0 Å². The number of nitrogens with zero attached hydrogens (tertiary/aromatic N) is 2. The van der Waals surface area contributed by atoms with E-state index in [-0.39, 0.29) is 36.3 Å². The molecule has 0 saturated heterocycles. The highest BCUT2D eigenvalue weighted by Crippen LogP contribution is 2.23. The molecule has 0 fully saturated rings. The lowest BCUT2D eigenvalue weighted by Gasteiger charge is -2.02. The molecule has 0 unspecified atom stereocenters. The minimum absolute atomic E-state index is 0. The van der Waals surface area contributed by atoms with Crippen molar-refractivity contribution >= 4 is 57.1 Å². The van der Waals surface area contributed by atoms with Crippen molar-refractivity contribution in [2.24, 2.45) is 0 Å². The molecular formula is C14H15IN4OS. The monoisotopic (exact) mass is 414 g/mol. The standard InChI is InChI=1S/C14H14N4OS.HI/c1-8-3-4-10-11(5-8)17-9(2)13(10)12(19)6-15-14-18-16-7-20-14;/h3-5,7,17H,6H2,1-2H3,(H,15,18);1H. The summed E-state index contributed by atoms with van der Waals surface area (Å²) < 4.78 is 0. The smallest absolute Gasteiger partial charge is 0.205 e. The zero-order valence-corrected chi connectivity index (χ0v) is 14.8. The number of aromatic amines is 1. The molecule has 3 rings (SSSR count). The number of fused-ring (bicyclic) bond motifs is 1. The van der Waals surface area contributed by atoms with Gasteiger partial charge >= 0.3 is 0 Å². The van der Waals surface area contributed by atoms with Crippen LogP contribution in [0, 0.1) is 13.8 Å². The van der Waals surface area contributed by atoms with Crippen LogP contribution in [0.5, 0.6) is 0 Å². The van der Waals surface area contributed by atoms with E-state index in [0.29, 0.717) is 5.13 Å². The fourth-order valence-electron chi connectivity index (χ4n) is 2.30. The number of ketones is 1. The predicted octanol–water partition coefficient (Wildman–Crippen LogP) is 3.55. The summed E-state index contributed by atoms with van der Waals surface area (Å²) in [5.41, 5.74) is 5.45. The highest BCUT2D eigenvalue weighted by molar-refractivity contribution is 14.0. The molecule has 0 radical (unpaired) electrons. The van der Waals surface area contributed by atoms with Gasteiger partial charge in [0.2, 0.25) is 5.13 Å². The molecule has 0 aliphatic rings. The number of aromatic nitrogens is 3. The Bertz CT molecular complexity index is 767. The van der Waals surface area contributed by atoms with E-state index in [1.54, 1.807) is 5.51 Å². The Morgan fingerprint density at radius 2 is 2.19 bits per heavy atom. The average Bonchev–Trinajstić information content (AvgIpc) is 3.02. The van der Waals surface area contributed by atoms with Crippen LogP contribution in [0.25, 0.3) is 10.9 Å². The van der Waals surface area contributed by atoms with E-state index in [1.807, 2.05) is 26.0 Å². The van der Waals surface area contributed by atoms with Gasteiger partial charge in [0.25, 0.3) is 0 Å². The Morgan fingerprint density at radius 3 is 2.90 bits per heavy atom. The van der Waals surface area contributed by atoms with Crippen LogP contribution < -0.4 is 5.32 Å². The SMILES string of the molecule is Cc1ccc2c(C(=O)CNc3nncs3)c(C)[nH]c2c1.I. The lowest BCUT2D eigenvalue weighted by atomic mass is 10.1. The highest BCUT2D eigenvalue weighted by atomic mass is 127. The molecule has 0 atom stereocenters. The summed E-state index contributed by atoms with van der Waals surface area (Å²) in [6.07, 6.45) is 0. The first-order valence-electron chi connectivity index (χ1n) is 6.27. The second-order valence-electron chi connectivity index (χ2n) is 4.69. The maximum atomic E-state index is 12.4. The second kappa shape index (κ2) is 6.52. The molecule has 0 aliphatic carbocycles. The van der Waals surface area contributed by atoms with Gasteiger partial charge in [-0.15, -0.1) is 34.2 Å². The lowest BCUT2D eigenvalue weighted by Crippen LogP contribution is -2.14. The average molecular weight is 414 g/mol. The minimum Gasteiger partial charge on any atom is -0.358 e. The number of hydrogen-bond acceptors (Lipinski definition) is 5. The molecular weight excluding hydrogens is 399 g/mol. The van der Waals surface area contributed by atoms with Gasteiger partial charge in [-0.1, -0.05) is 23.5 Å². The molecule has 5 nitrogen and oxygen atoms in total. The van der Waals surface area contributed by atoms with E-state index in [0.717, 1.165) is 22.2 Å².